The third-order valence-electron chi connectivity index (χ3n) is 8.27. The predicted octanol–water partition coefficient (Wildman–Crippen LogP) is 8.98. The highest BCUT2D eigenvalue weighted by atomic mass is 16.4. The molecule has 0 unspecified atom stereocenters. The summed E-state index contributed by atoms with van der Waals surface area (Å²) in [6.45, 7) is 0. The molecular formula is C40H26N6O. The lowest BCUT2D eigenvalue weighted by Crippen LogP contribution is -2.18. The smallest absolute Gasteiger partial charge is 0.164 e. The summed E-state index contributed by atoms with van der Waals surface area (Å²) in [5, 5.41) is 22.4. The van der Waals surface area contributed by atoms with E-state index < -0.39 is 0 Å². The molecule has 0 aliphatic heterocycles. The zero-order valence-corrected chi connectivity index (χ0v) is 25.0. The van der Waals surface area contributed by atoms with Crippen LogP contribution in [0, 0.1) is 5.41 Å². The maximum absolute atomic E-state index is 9.80. The van der Waals surface area contributed by atoms with Crippen LogP contribution in [0.5, 0.6) is 0 Å². The molecule has 0 saturated carbocycles. The van der Waals surface area contributed by atoms with Crippen molar-refractivity contribution in [3.63, 3.8) is 0 Å². The van der Waals surface area contributed by atoms with Gasteiger partial charge in [-0.25, -0.2) is 19.9 Å². The Hall–Kier alpha value is -6.60. The van der Waals surface area contributed by atoms with Gasteiger partial charge in [0, 0.05) is 38.8 Å². The fourth-order valence-electron chi connectivity index (χ4n) is 5.92. The van der Waals surface area contributed by atoms with Gasteiger partial charge in [0.1, 0.15) is 5.71 Å². The normalized spacial score (nSPS) is 13.2. The number of benzene rings is 5. The average Bonchev–Trinajstić information content (AvgIpc) is 3.15. The van der Waals surface area contributed by atoms with Crippen LogP contribution in [0.4, 0.5) is 0 Å². The summed E-state index contributed by atoms with van der Waals surface area (Å²) in [4.78, 5) is 19.5. The van der Waals surface area contributed by atoms with Crippen molar-refractivity contribution in [2.45, 2.75) is 0 Å². The number of rotatable bonds is 5. The second-order valence-electron chi connectivity index (χ2n) is 11.2. The zero-order chi connectivity index (χ0) is 31.7. The summed E-state index contributed by atoms with van der Waals surface area (Å²) >= 11 is 0. The molecule has 5 aromatic carbocycles. The van der Waals surface area contributed by atoms with Gasteiger partial charge in [0.05, 0.1) is 16.9 Å². The quantitative estimate of drug-likeness (QED) is 0.150. The molecule has 0 amide bonds. The van der Waals surface area contributed by atoms with Crippen LogP contribution >= 0.6 is 0 Å². The third kappa shape index (κ3) is 5.15. The van der Waals surface area contributed by atoms with Gasteiger partial charge in [-0.2, -0.15) is 0 Å². The lowest BCUT2D eigenvalue weighted by Gasteiger charge is -2.19. The molecule has 47 heavy (non-hydrogen) atoms. The van der Waals surface area contributed by atoms with Crippen LogP contribution < -0.4 is 0 Å². The number of fused-ring (bicyclic) bond motifs is 3. The molecule has 7 nitrogen and oxygen atoms in total. The molecule has 1 aliphatic rings. The first-order valence-corrected chi connectivity index (χ1v) is 15.2. The first-order valence-electron chi connectivity index (χ1n) is 15.2. The third-order valence-corrected chi connectivity index (χ3v) is 8.27. The van der Waals surface area contributed by atoms with Crippen molar-refractivity contribution in [2.75, 3.05) is 0 Å². The van der Waals surface area contributed by atoms with Gasteiger partial charge >= 0.3 is 0 Å². The Bertz CT molecular complexity index is 2290. The van der Waals surface area contributed by atoms with E-state index in [1.807, 2.05) is 103 Å². The SMILES string of the molecule is N=C1C=Cc2c(-c3ccc(-c4ccc(-c5nc(-c6ccccc6)nc(-c6ccccc6)n5)cc4)cc3)nc3ccccc3c2/C1=N/O. The Morgan fingerprint density at radius 2 is 0.936 bits per heavy atom. The van der Waals surface area contributed by atoms with E-state index in [9.17, 15) is 5.21 Å². The molecule has 2 aromatic heterocycles. The van der Waals surface area contributed by atoms with Crippen molar-refractivity contribution in [3.8, 4) is 56.5 Å². The average molecular weight is 607 g/mol. The largest absolute Gasteiger partial charge is 0.410 e. The predicted molar refractivity (Wildman–Crippen MR) is 187 cm³/mol. The summed E-state index contributed by atoms with van der Waals surface area (Å²) in [6, 6.07) is 44.1. The van der Waals surface area contributed by atoms with E-state index in [4.69, 9.17) is 25.3 Å². The number of nitrogens with one attached hydrogen (secondary N) is 1. The van der Waals surface area contributed by atoms with Gasteiger partial charge in [0.15, 0.2) is 17.5 Å². The minimum absolute atomic E-state index is 0.158. The van der Waals surface area contributed by atoms with Crippen LogP contribution in [0.2, 0.25) is 0 Å². The molecule has 0 saturated heterocycles. The summed E-state index contributed by atoms with van der Waals surface area (Å²) in [5.41, 5.74) is 9.27. The second kappa shape index (κ2) is 11.7. The molecule has 1 aliphatic carbocycles. The van der Waals surface area contributed by atoms with Crippen molar-refractivity contribution in [1.82, 2.24) is 19.9 Å². The standard InChI is InChI=1S/C40H26N6O/c41-33-24-23-32-35(37(33)46-47)31-13-7-8-14-34(31)42-36(32)27-19-15-25(16-20-27)26-17-21-30(22-18-26)40-44-38(28-9-3-1-4-10-28)43-39(45-40)29-11-5-2-6-12-29/h1-24,41,47H/b41-33?,46-37+. The monoisotopic (exact) mass is 606 g/mol. The molecule has 2 N–H and O–H groups in total. The summed E-state index contributed by atoms with van der Waals surface area (Å²) in [6.07, 6.45) is 3.52. The van der Waals surface area contributed by atoms with E-state index in [1.54, 1.807) is 6.08 Å². The Labute approximate surface area is 270 Å². The number of pyridine rings is 1. The number of oxime groups is 1. The Kier molecular flexibility index (Phi) is 6.96. The van der Waals surface area contributed by atoms with Crippen molar-refractivity contribution in [2.24, 2.45) is 5.16 Å². The summed E-state index contributed by atoms with van der Waals surface area (Å²) < 4.78 is 0. The molecule has 7 aromatic rings. The number of hydrogen-bond acceptors (Lipinski definition) is 7. The van der Waals surface area contributed by atoms with Crippen molar-refractivity contribution >= 4 is 28.4 Å². The van der Waals surface area contributed by atoms with Crippen LogP contribution in [-0.2, 0) is 0 Å². The van der Waals surface area contributed by atoms with Crippen LogP contribution in [0.1, 0.15) is 11.1 Å². The first kappa shape index (κ1) is 27.9. The minimum Gasteiger partial charge on any atom is -0.410 e. The minimum atomic E-state index is 0.158. The van der Waals surface area contributed by atoms with Gasteiger partial charge in [0.25, 0.3) is 0 Å². The number of hydrogen-bond donors (Lipinski definition) is 2. The van der Waals surface area contributed by atoms with Gasteiger partial charge in [-0.1, -0.05) is 133 Å². The molecule has 0 fully saturated rings. The van der Waals surface area contributed by atoms with Crippen molar-refractivity contribution in [3.05, 3.63) is 151 Å². The van der Waals surface area contributed by atoms with Crippen LogP contribution in [0.3, 0.4) is 0 Å². The maximum Gasteiger partial charge on any atom is 0.164 e. The van der Waals surface area contributed by atoms with Gasteiger partial charge in [0.2, 0.25) is 0 Å². The van der Waals surface area contributed by atoms with E-state index in [-0.39, 0.29) is 11.4 Å². The van der Waals surface area contributed by atoms with Crippen LogP contribution in [-0.4, -0.2) is 36.6 Å². The van der Waals surface area contributed by atoms with E-state index >= 15 is 0 Å². The van der Waals surface area contributed by atoms with Crippen molar-refractivity contribution in [1.29, 1.82) is 5.41 Å². The number of aromatic nitrogens is 4. The zero-order valence-electron chi connectivity index (χ0n) is 25.0. The van der Waals surface area contributed by atoms with E-state index in [1.165, 1.54) is 0 Å². The molecule has 222 valence electrons. The Balaban J connectivity index is 1.14. The van der Waals surface area contributed by atoms with E-state index in [0.717, 1.165) is 55.5 Å². The fraction of sp³-hybridized carbons (Fsp3) is 0. The Morgan fingerprint density at radius 3 is 1.49 bits per heavy atom. The van der Waals surface area contributed by atoms with Gasteiger partial charge in [-0.05, 0) is 29.3 Å². The number of allylic oxidation sites excluding steroid dienone is 1. The number of nitrogens with zero attached hydrogens (tertiary/aromatic N) is 5. The van der Waals surface area contributed by atoms with Crippen molar-refractivity contribution < 1.29 is 5.21 Å². The highest BCUT2D eigenvalue weighted by molar-refractivity contribution is 6.55. The molecule has 0 radical (unpaired) electrons. The molecular weight excluding hydrogens is 580 g/mol. The molecule has 7 heteroatoms. The highest BCUT2D eigenvalue weighted by Gasteiger charge is 2.24. The maximum atomic E-state index is 9.80. The van der Waals surface area contributed by atoms with E-state index in [2.05, 4.69) is 41.6 Å². The fourth-order valence-corrected chi connectivity index (χ4v) is 5.92. The van der Waals surface area contributed by atoms with Gasteiger partial charge < -0.3 is 5.21 Å². The molecule has 8 rings (SSSR count). The van der Waals surface area contributed by atoms with Crippen LogP contribution in [0.25, 0.3) is 73.5 Å². The first-order chi connectivity index (χ1) is 23.2. The topological polar surface area (TPSA) is 108 Å². The summed E-state index contributed by atoms with van der Waals surface area (Å²) in [5.74, 6) is 1.86. The number of para-hydroxylation sites is 1. The lowest BCUT2D eigenvalue weighted by molar-refractivity contribution is 0.320. The van der Waals surface area contributed by atoms with Gasteiger partial charge in [-0.15, -0.1) is 0 Å². The van der Waals surface area contributed by atoms with Gasteiger partial charge in [-0.3, -0.25) is 5.41 Å². The molecule has 0 spiro atoms. The molecule has 2 heterocycles. The van der Waals surface area contributed by atoms with Crippen LogP contribution in [0.15, 0.2) is 145 Å². The molecule has 0 atom stereocenters. The Morgan fingerprint density at radius 1 is 0.468 bits per heavy atom. The molecule has 0 bridgehead atoms. The second-order valence-corrected chi connectivity index (χ2v) is 11.2. The summed E-state index contributed by atoms with van der Waals surface area (Å²) in [7, 11) is 0. The highest BCUT2D eigenvalue weighted by Crippen LogP contribution is 2.35. The van der Waals surface area contributed by atoms with E-state index in [0.29, 0.717) is 23.0 Å². The lowest BCUT2D eigenvalue weighted by atomic mass is 9.88.